The zero-order valence-electron chi connectivity index (χ0n) is 17.6. The number of nitrogens with zero attached hydrogens (tertiary/aromatic N) is 3. The van der Waals surface area contributed by atoms with Gasteiger partial charge in [0.05, 0.1) is 18.5 Å². The van der Waals surface area contributed by atoms with Crippen LogP contribution in [0.15, 0.2) is 48.7 Å². The molecule has 158 valence electrons. The molecule has 4 N–H and O–H groups in total. The molecule has 8 heteroatoms. The molecular weight excluding hydrogens is 380 g/mol. The summed E-state index contributed by atoms with van der Waals surface area (Å²) in [6.07, 6.45) is 1.82. The fraction of sp³-hybridized carbons (Fsp3) is 0.318. The van der Waals surface area contributed by atoms with E-state index in [1.807, 2.05) is 55.6 Å². The number of benzene rings is 2. The van der Waals surface area contributed by atoms with Gasteiger partial charge in [0, 0.05) is 24.5 Å². The normalized spacial score (nSPS) is 11.0. The molecule has 0 spiro atoms. The van der Waals surface area contributed by atoms with Gasteiger partial charge in [-0.1, -0.05) is 31.2 Å². The molecule has 0 aliphatic heterocycles. The van der Waals surface area contributed by atoms with Crippen molar-refractivity contribution in [3.05, 3.63) is 65.5 Å². The van der Waals surface area contributed by atoms with Crippen LogP contribution in [0, 0.1) is 0 Å². The van der Waals surface area contributed by atoms with Crippen molar-refractivity contribution < 1.29 is 9.53 Å². The molecule has 3 rings (SSSR count). The number of carbonyl (C=O) groups excluding carboxylic acids is 1. The molecule has 1 aromatic heterocycles. The summed E-state index contributed by atoms with van der Waals surface area (Å²) in [5, 5.41) is 13.9. The van der Waals surface area contributed by atoms with E-state index in [2.05, 4.69) is 34.8 Å². The van der Waals surface area contributed by atoms with Gasteiger partial charge >= 0.3 is 6.03 Å². The molecule has 30 heavy (non-hydrogen) atoms. The summed E-state index contributed by atoms with van der Waals surface area (Å²) in [5.41, 5.74) is 10.8. The van der Waals surface area contributed by atoms with Gasteiger partial charge in [0.25, 0.3) is 0 Å². The number of nitrogens with two attached hydrogens (primary N) is 1. The number of urea groups is 1. The molecule has 0 aliphatic rings. The molecular formula is C22H28N6O2. The van der Waals surface area contributed by atoms with E-state index in [0.29, 0.717) is 31.4 Å². The minimum atomic E-state index is -0.321. The van der Waals surface area contributed by atoms with Gasteiger partial charge in [-0.3, -0.25) is 0 Å². The third-order valence-corrected chi connectivity index (χ3v) is 4.65. The number of ether oxygens (including phenoxy) is 1. The Kier molecular flexibility index (Phi) is 7.16. The van der Waals surface area contributed by atoms with Gasteiger partial charge in [0.1, 0.15) is 5.69 Å². The van der Waals surface area contributed by atoms with Gasteiger partial charge in [0.2, 0.25) is 0 Å². The highest BCUT2D eigenvalue weighted by molar-refractivity contribution is 6.00. The quantitative estimate of drug-likeness (QED) is 0.522. The number of hydrogen-bond acceptors (Lipinski definition) is 5. The van der Waals surface area contributed by atoms with Gasteiger partial charge in [-0.25, -0.2) is 9.48 Å². The Morgan fingerprint density at radius 1 is 1.17 bits per heavy atom. The zero-order valence-corrected chi connectivity index (χ0v) is 17.6. The first kappa shape index (κ1) is 21.5. The van der Waals surface area contributed by atoms with Gasteiger partial charge in [-0.2, -0.15) is 0 Å². The van der Waals surface area contributed by atoms with Crippen LogP contribution in [0.25, 0.3) is 5.69 Å². The fourth-order valence-corrected chi connectivity index (χ4v) is 2.93. The molecule has 0 unspecified atom stereocenters. The molecule has 0 saturated heterocycles. The number of nitrogens with one attached hydrogen (secondary N) is 2. The number of carbonyl (C=O) groups is 1. The van der Waals surface area contributed by atoms with Crippen LogP contribution >= 0.6 is 0 Å². The smallest absolute Gasteiger partial charge is 0.323 e. The van der Waals surface area contributed by atoms with Crippen LogP contribution in [-0.4, -0.2) is 27.6 Å². The molecule has 8 nitrogen and oxygen atoms in total. The van der Waals surface area contributed by atoms with E-state index in [-0.39, 0.29) is 6.03 Å². The van der Waals surface area contributed by atoms with E-state index >= 15 is 0 Å². The van der Waals surface area contributed by atoms with Crippen LogP contribution in [0.4, 0.5) is 16.2 Å². The van der Waals surface area contributed by atoms with Crippen LogP contribution in [0.1, 0.15) is 43.5 Å². The Hall–Kier alpha value is -3.23. The lowest BCUT2D eigenvalue weighted by molar-refractivity contribution is 0.131. The summed E-state index contributed by atoms with van der Waals surface area (Å²) in [5.74, 6) is 0.360. The summed E-state index contributed by atoms with van der Waals surface area (Å²) in [6, 6.07) is 13.0. The lowest BCUT2D eigenvalue weighted by Crippen LogP contribution is -2.21. The van der Waals surface area contributed by atoms with Crippen LogP contribution in [0.3, 0.4) is 0 Å². The van der Waals surface area contributed by atoms with Crippen molar-refractivity contribution in [3.8, 4) is 5.69 Å². The lowest BCUT2D eigenvalue weighted by atomic mass is 10.00. The number of aromatic nitrogens is 3. The number of anilines is 2. The first-order chi connectivity index (χ1) is 14.5. The Balaban J connectivity index is 1.65. The monoisotopic (exact) mass is 408 g/mol. The van der Waals surface area contributed by atoms with E-state index < -0.39 is 0 Å². The van der Waals surface area contributed by atoms with E-state index in [1.54, 1.807) is 4.68 Å². The van der Waals surface area contributed by atoms with Crippen molar-refractivity contribution in [1.82, 2.24) is 15.0 Å². The second kappa shape index (κ2) is 10.00. The summed E-state index contributed by atoms with van der Waals surface area (Å²) < 4.78 is 7.01. The average molecular weight is 409 g/mol. The molecule has 0 fully saturated rings. The molecule has 3 aromatic rings. The van der Waals surface area contributed by atoms with E-state index in [4.69, 9.17) is 10.5 Å². The van der Waals surface area contributed by atoms with Gasteiger partial charge < -0.3 is 21.1 Å². The van der Waals surface area contributed by atoms with E-state index in [9.17, 15) is 4.79 Å². The van der Waals surface area contributed by atoms with Crippen LogP contribution in [0.5, 0.6) is 0 Å². The maximum absolute atomic E-state index is 12.5. The Labute approximate surface area is 176 Å². The maximum Gasteiger partial charge on any atom is 0.323 e. The van der Waals surface area contributed by atoms with Gasteiger partial charge in [-0.15, -0.1) is 5.10 Å². The summed E-state index contributed by atoms with van der Waals surface area (Å²) >= 11 is 0. The molecule has 0 radical (unpaired) electrons. The molecule has 0 saturated carbocycles. The van der Waals surface area contributed by atoms with Gasteiger partial charge in [0.15, 0.2) is 0 Å². The molecule has 2 aromatic carbocycles. The number of rotatable bonds is 8. The minimum absolute atomic E-state index is 0.321. The first-order valence-corrected chi connectivity index (χ1v) is 10.0. The lowest BCUT2D eigenvalue weighted by Gasteiger charge is -2.14. The van der Waals surface area contributed by atoms with Crippen LogP contribution in [-0.2, 0) is 17.9 Å². The van der Waals surface area contributed by atoms with Crippen LogP contribution < -0.4 is 16.4 Å². The van der Waals surface area contributed by atoms with Crippen molar-refractivity contribution in [2.75, 3.05) is 17.2 Å². The van der Waals surface area contributed by atoms with Crippen molar-refractivity contribution >= 4 is 17.4 Å². The molecule has 0 atom stereocenters. The number of amides is 2. The predicted octanol–water partition coefficient (Wildman–Crippen LogP) is 4.03. The molecule has 0 bridgehead atoms. The van der Waals surface area contributed by atoms with Crippen molar-refractivity contribution in [2.45, 2.75) is 39.8 Å². The summed E-state index contributed by atoms with van der Waals surface area (Å²) in [7, 11) is 0. The van der Waals surface area contributed by atoms with E-state index in [1.165, 1.54) is 0 Å². The van der Waals surface area contributed by atoms with Crippen LogP contribution in [0.2, 0.25) is 0 Å². The third kappa shape index (κ3) is 5.43. The highest BCUT2D eigenvalue weighted by Crippen LogP contribution is 2.23. The Bertz CT molecular complexity index is 982. The zero-order chi connectivity index (χ0) is 21.5. The fourth-order valence-electron chi connectivity index (χ4n) is 2.93. The second-order valence-electron chi connectivity index (χ2n) is 7.19. The highest BCUT2D eigenvalue weighted by atomic mass is 16.5. The summed E-state index contributed by atoms with van der Waals surface area (Å²) in [6.45, 7) is 7.56. The topological polar surface area (TPSA) is 107 Å². The first-order valence-electron chi connectivity index (χ1n) is 10.0. The Morgan fingerprint density at radius 2 is 1.93 bits per heavy atom. The standard InChI is InChI=1S/C22H28N6O2/c1-4-30-14-19-13-28(27-26-19)20-9-7-18(8-10-20)24-22(29)25-21-11-16(15(2)3)5-6-17(21)12-23/h5-11,13,15H,4,12,14,23H2,1-3H3,(H2,24,25,29). The molecule has 2 amide bonds. The van der Waals surface area contributed by atoms with Crippen molar-refractivity contribution in [3.63, 3.8) is 0 Å². The maximum atomic E-state index is 12.5. The molecule has 1 heterocycles. The largest absolute Gasteiger partial charge is 0.375 e. The SMILES string of the molecule is CCOCc1cn(-c2ccc(NC(=O)Nc3cc(C(C)C)ccc3CN)cc2)nn1. The van der Waals surface area contributed by atoms with Crippen molar-refractivity contribution in [2.24, 2.45) is 5.73 Å². The average Bonchev–Trinajstić information content (AvgIpc) is 3.21. The predicted molar refractivity (Wildman–Crippen MR) is 118 cm³/mol. The highest BCUT2D eigenvalue weighted by Gasteiger charge is 2.10. The third-order valence-electron chi connectivity index (χ3n) is 4.65. The number of hydrogen-bond donors (Lipinski definition) is 3. The summed E-state index contributed by atoms with van der Waals surface area (Å²) in [4.78, 5) is 12.5. The minimum Gasteiger partial charge on any atom is -0.375 e. The molecule has 0 aliphatic carbocycles. The Morgan fingerprint density at radius 3 is 2.60 bits per heavy atom. The van der Waals surface area contributed by atoms with E-state index in [0.717, 1.165) is 28.2 Å². The second-order valence-corrected chi connectivity index (χ2v) is 7.19. The van der Waals surface area contributed by atoms with Gasteiger partial charge in [-0.05, 0) is 54.3 Å². The van der Waals surface area contributed by atoms with Crippen molar-refractivity contribution in [1.29, 1.82) is 0 Å².